The van der Waals surface area contributed by atoms with Crippen molar-refractivity contribution >= 4 is 38.0 Å². The summed E-state index contributed by atoms with van der Waals surface area (Å²) in [5, 5.41) is 6.68. The van der Waals surface area contributed by atoms with E-state index < -0.39 is 0 Å². The number of ether oxygens (including phenoxy) is 1. The third-order valence-electron chi connectivity index (χ3n) is 3.06. The molecule has 0 fully saturated rings. The Labute approximate surface area is 125 Å². The van der Waals surface area contributed by atoms with Crippen molar-refractivity contribution in [3.05, 3.63) is 63.3 Å². The zero-order valence-corrected chi connectivity index (χ0v) is 12.7. The summed E-state index contributed by atoms with van der Waals surface area (Å²) in [5.41, 5.74) is 1.34. The maximum atomic E-state index is 5.88. The van der Waals surface area contributed by atoms with Gasteiger partial charge >= 0.3 is 0 Å². The van der Waals surface area contributed by atoms with Crippen molar-refractivity contribution in [2.75, 3.05) is 6.61 Å². The number of rotatable bonds is 4. The minimum absolute atomic E-state index is 0.702. The van der Waals surface area contributed by atoms with Crippen molar-refractivity contribution in [1.82, 2.24) is 0 Å². The minimum Gasteiger partial charge on any atom is -0.492 e. The summed E-state index contributed by atoms with van der Waals surface area (Å²) in [7, 11) is 0. The van der Waals surface area contributed by atoms with Crippen LogP contribution >= 0.6 is 27.3 Å². The van der Waals surface area contributed by atoms with Crippen LogP contribution in [0.3, 0.4) is 0 Å². The molecule has 0 spiro atoms. The first-order valence-corrected chi connectivity index (χ1v) is 7.89. The van der Waals surface area contributed by atoms with Gasteiger partial charge in [0.2, 0.25) is 0 Å². The molecule has 0 saturated carbocycles. The molecule has 0 radical (unpaired) electrons. The van der Waals surface area contributed by atoms with Crippen LogP contribution in [0.2, 0.25) is 0 Å². The van der Waals surface area contributed by atoms with Crippen molar-refractivity contribution in [2.45, 2.75) is 6.42 Å². The summed E-state index contributed by atoms with van der Waals surface area (Å²) in [6, 6.07) is 14.6. The summed E-state index contributed by atoms with van der Waals surface area (Å²) in [4.78, 5) is 0. The van der Waals surface area contributed by atoms with E-state index >= 15 is 0 Å². The van der Waals surface area contributed by atoms with Gasteiger partial charge in [0.05, 0.1) is 11.1 Å². The Bertz CT molecular complexity index is 676. The summed E-state index contributed by atoms with van der Waals surface area (Å²) in [6.45, 7) is 0.702. The van der Waals surface area contributed by atoms with Gasteiger partial charge in [-0.15, -0.1) is 0 Å². The van der Waals surface area contributed by atoms with Gasteiger partial charge in [-0.25, -0.2) is 0 Å². The molecule has 0 saturated heterocycles. The van der Waals surface area contributed by atoms with E-state index in [1.165, 1.54) is 16.3 Å². The lowest BCUT2D eigenvalue weighted by Gasteiger charge is -2.10. The highest BCUT2D eigenvalue weighted by atomic mass is 79.9. The molecular formula is C16H13BrOS. The highest BCUT2D eigenvalue weighted by Gasteiger charge is 2.05. The van der Waals surface area contributed by atoms with Crippen LogP contribution < -0.4 is 4.74 Å². The molecule has 0 unspecified atom stereocenters. The Morgan fingerprint density at radius 3 is 2.79 bits per heavy atom. The highest BCUT2D eigenvalue weighted by Crippen LogP contribution is 2.33. The van der Waals surface area contributed by atoms with Crippen LogP contribution in [0.4, 0.5) is 0 Å². The Kier molecular flexibility index (Phi) is 3.85. The second-order valence-electron chi connectivity index (χ2n) is 4.33. The Morgan fingerprint density at radius 2 is 1.95 bits per heavy atom. The standard InChI is InChI=1S/C16H13BrOS/c17-16-14-4-2-1-3-13(14)5-6-15(16)18-9-7-12-8-10-19-11-12/h1-6,8,10-11H,7,9H2. The Balaban J connectivity index is 1.76. The van der Waals surface area contributed by atoms with E-state index in [1.807, 2.05) is 18.2 Å². The zero-order chi connectivity index (χ0) is 13.1. The fourth-order valence-electron chi connectivity index (χ4n) is 2.04. The first-order valence-electron chi connectivity index (χ1n) is 6.16. The van der Waals surface area contributed by atoms with Crippen LogP contribution in [-0.4, -0.2) is 6.61 Å². The zero-order valence-electron chi connectivity index (χ0n) is 10.3. The van der Waals surface area contributed by atoms with Gasteiger partial charge in [-0.2, -0.15) is 11.3 Å². The van der Waals surface area contributed by atoms with Crippen LogP contribution in [0.5, 0.6) is 5.75 Å². The molecule has 0 amide bonds. The molecule has 0 aliphatic rings. The monoisotopic (exact) mass is 332 g/mol. The summed E-state index contributed by atoms with van der Waals surface area (Å²) >= 11 is 5.36. The molecule has 0 atom stereocenters. The fraction of sp³-hybridized carbons (Fsp3) is 0.125. The fourth-order valence-corrected chi connectivity index (χ4v) is 3.35. The molecule has 3 rings (SSSR count). The number of thiophene rings is 1. The maximum Gasteiger partial charge on any atom is 0.134 e. The van der Waals surface area contributed by atoms with E-state index in [2.05, 4.69) is 51.0 Å². The number of halogens is 1. The number of hydrogen-bond donors (Lipinski definition) is 0. The molecule has 1 heterocycles. The van der Waals surface area contributed by atoms with E-state index in [9.17, 15) is 0 Å². The maximum absolute atomic E-state index is 5.88. The van der Waals surface area contributed by atoms with Gasteiger partial charge in [-0.3, -0.25) is 0 Å². The van der Waals surface area contributed by atoms with E-state index in [-0.39, 0.29) is 0 Å². The second kappa shape index (κ2) is 5.76. The summed E-state index contributed by atoms with van der Waals surface area (Å²) in [5.74, 6) is 0.911. The number of hydrogen-bond acceptors (Lipinski definition) is 2. The molecule has 0 aliphatic carbocycles. The van der Waals surface area contributed by atoms with Crippen molar-refractivity contribution in [2.24, 2.45) is 0 Å². The van der Waals surface area contributed by atoms with Crippen LogP contribution in [-0.2, 0) is 6.42 Å². The van der Waals surface area contributed by atoms with E-state index in [0.29, 0.717) is 6.61 Å². The summed E-state index contributed by atoms with van der Waals surface area (Å²) < 4.78 is 6.91. The lowest BCUT2D eigenvalue weighted by atomic mass is 10.1. The predicted octanol–water partition coefficient (Wildman–Crippen LogP) is 5.29. The van der Waals surface area contributed by atoms with Gasteiger partial charge in [-0.05, 0) is 55.2 Å². The normalized spacial score (nSPS) is 10.8. The molecule has 0 N–H and O–H groups in total. The third kappa shape index (κ3) is 2.82. The predicted molar refractivity (Wildman–Crippen MR) is 85.2 cm³/mol. The largest absolute Gasteiger partial charge is 0.492 e. The van der Waals surface area contributed by atoms with Crippen LogP contribution in [0, 0.1) is 0 Å². The van der Waals surface area contributed by atoms with E-state index in [4.69, 9.17) is 4.74 Å². The highest BCUT2D eigenvalue weighted by molar-refractivity contribution is 9.10. The lowest BCUT2D eigenvalue weighted by molar-refractivity contribution is 0.320. The lowest BCUT2D eigenvalue weighted by Crippen LogP contribution is -2.01. The van der Waals surface area contributed by atoms with Crippen molar-refractivity contribution < 1.29 is 4.74 Å². The number of benzene rings is 2. The molecule has 0 bridgehead atoms. The van der Waals surface area contributed by atoms with Crippen LogP contribution in [0.15, 0.2) is 57.7 Å². The van der Waals surface area contributed by atoms with Crippen molar-refractivity contribution in [1.29, 1.82) is 0 Å². The van der Waals surface area contributed by atoms with Crippen molar-refractivity contribution in [3.63, 3.8) is 0 Å². The molecule has 1 nitrogen and oxygen atoms in total. The SMILES string of the molecule is Brc1c(OCCc2ccsc2)ccc2ccccc12. The minimum atomic E-state index is 0.702. The molecule has 96 valence electrons. The molecule has 0 aliphatic heterocycles. The molecule has 2 aromatic carbocycles. The molecule has 19 heavy (non-hydrogen) atoms. The van der Waals surface area contributed by atoms with E-state index in [0.717, 1.165) is 16.6 Å². The Hall–Kier alpha value is -1.32. The summed E-state index contributed by atoms with van der Waals surface area (Å²) in [6.07, 6.45) is 0.947. The quantitative estimate of drug-likeness (QED) is 0.631. The smallest absolute Gasteiger partial charge is 0.134 e. The number of fused-ring (bicyclic) bond motifs is 1. The molecule has 3 heteroatoms. The van der Waals surface area contributed by atoms with Crippen LogP contribution in [0.25, 0.3) is 10.8 Å². The molecule has 1 aromatic heterocycles. The Morgan fingerprint density at radius 1 is 1.05 bits per heavy atom. The van der Waals surface area contributed by atoms with Gasteiger partial charge in [-0.1, -0.05) is 30.3 Å². The first kappa shape index (κ1) is 12.7. The van der Waals surface area contributed by atoms with Gasteiger partial charge in [0.15, 0.2) is 0 Å². The van der Waals surface area contributed by atoms with Gasteiger partial charge in [0.25, 0.3) is 0 Å². The average molecular weight is 333 g/mol. The van der Waals surface area contributed by atoms with Crippen LogP contribution in [0.1, 0.15) is 5.56 Å². The first-order chi connectivity index (χ1) is 9.34. The topological polar surface area (TPSA) is 9.23 Å². The average Bonchev–Trinajstić information content (AvgIpc) is 2.95. The van der Waals surface area contributed by atoms with Crippen molar-refractivity contribution in [3.8, 4) is 5.75 Å². The third-order valence-corrected chi connectivity index (χ3v) is 4.61. The molecular weight excluding hydrogens is 320 g/mol. The second-order valence-corrected chi connectivity index (χ2v) is 5.90. The van der Waals surface area contributed by atoms with E-state index in [1.54, 1.807) is 11.3 Å². The van der Waals surface area contributed by atoms with Gasteiger partial charge in [0, 0.05) is 6.42 Å². The van der Waals surface area contributed by atoms with Gasteiger partial charge in [0.1, 0.15) is 5.75 Å². The molecule has 3 aromatic rings. The van der Waals surface area contributed by atoms with Gasteiger partial charge < -0.3 is 4.74 Å².